The summed E-state index contributed by atoms with van der Waals surface area (Å²) in [5.74, 6) is -0.240. The Bertz CT molecular complexity index is 286. The minimum Gasteiger partial charge on any atom is -0.462 e. The molecule has 0 aromatic rings. The van der Waals surface area contributed by atoms with E-state index in [9.17, 15) is 9.59 Å². The van der Waals surface area contributed by atoms with E-state index in [1.165, 1.54) is 6.42 Å². The maximum atomic E-state index is 12.0. The van der Waals surface area contributed by atoms with Gasteiger partial charge in [0.2, 0.25) is 5.91 Å². The van der Waals surface area contributed by atoms with Gasteiger partial charge in [0.15, 0.2) is 0 Å². The monoisotopic (exact) mass is 256 g/mol. The second-order valence-electron chi connectivity index (χ2n) is 5.03. The van der Waals surface area contributed by atoms with Crippen molar-refractivity contribution in [3.05, 3.63) is 0 Å². The van der Waals surface area contributed by atoms with Gasteiger partial charge in [-0.1, -0.05) is 0 Å². The highest BCUT2D eigenvalue weighted by molar-refractivity contribution is 5.82. The molecule has 1 fully saturated rings. The van der Waals surface area contributed by atoms with E-state index in [0.29, 0.717) is 0 Å². The topological polar surface area (TPSA) is 58.6 Å². The second kappa shape index (κ2) is 7.36. The molecule has 1 amide bonds. The quantitative estimate of drug-likeness (QED) is 0.743. The summed E-state index contributed by atoms with van der Waals surface area (Å²) in [5, 5.41) is 2.92. The van der Waals surface area contributed by atoms with Gasteiger partial charge >= 0.3 is 5.97 Å². The van der Waals surface area contributed by atoms with Gasteiger partial charge in [-0.25, -0.2) is 0 Å². The summed E-state index contributed by atoms with van der Waals surface area (Å²) in [7, 11) is 0. The number of amides is 1. The lowest BCUT2D eigenvalue weighted by Gasteiger charge is -2.29. The van der Waals surface area contributed by atoms with Gasteiger partial charge in [0.25, 0.3) is 0 Å². The van der Waals surface area contributed by atoms with Gasteiger partial charge in [-0.05, 0) is 40.0 Å². The highest BCUT2D eigenvalue weighted by Crippen LogP contribution is 2.09. The Morgan fingerprint density at radius 1 is 1.17 bits per heavy atom. The number of hydrogen-bond acceptors (Lipinski definition) is 4. The van der Waals surface area contributed by atoms with Crippen LogP contribution in [0.2, 0.25) is 0 Å². The van der Waals surface area contributed by atoms with Crippen LogP contribution < -0.4 is 5.32 Å². The van der Waals surface area contributed by atoms with Crippen LogP contribution in [0.25, 0.3) is 0 Å². The molecule has 104 valence electrons. The number of likely N-dealkylation sites (tertiary alicyclic amines) is 1. The number of rotatable bonds is 5. The van der Waals surface area contributed by atoms with E-state index in [1.54, 1.807) is 20.8 Å². The Kier molecular flexibility index (Phi) is 6.12. The Morgan fingerprint density at radius 2 is 1.78 bits per heavy atom. The molecule has 0 aromatic heterocycles. The van der Waals surface area contributed by atoms with Crippen LogP contribution in [0.15, 0.2) is 0 Å². The van der Waals surface area contributed by atoms with Crippen LogP contribution >= 0.6 is 0 Å². The predicted molar refractivity (Wildman–Crippen MR) is 69.1 cm³/mol. The number of hydrogen-bond donors (Lipinski definition) is 1. The average molecular weight is 256 g/mol. The van der Waals surface area contributed by atoms with Crippen molar-refractivity contribution in [3.63, 3.8) is 0 Å². The fourth-order valence-corrected chi connectivity index (χ4v) is 2.02. The van der Waals surface area contributed by atoms with Gasteiger partial charge in [0, 0.05) is 13.1 Å². The van der Waals surface area contributed by atoms with Crippen molar-refractivity contribution in [1.29, 1.82) is 0 Å². The zero-order valence-electron chi connectivity index (χ0n) is 11.6. The third-order valence-corrected chi connectivity index (χ3v) is 2.96. The molecule has 0 spiro atoms. The summed E-state index contributed by atoms with van der Waals surface area (Å²) in [5.41, 5.74) is 0. The number of piperidine rings is 1. The maximum Gasteiger partial charge on any atom is 0.320 e. The molecule has 5 heteroatoms. The molecular weight excluding hydrogens is 232 g/mol. The average Bonchev–Trinajstić information content (AvgIpc) is 2.35. The van der Waals surface area contributed by atoms with Gasteiger partial charge in [-0.2, -0.15) is 0 Å². The third kappa shape index (κ3) is 5.04. The molecular formula is C13H24N2O3. The fourth-order valence-electron chi connectivity index (χ4n) is 2.02. The fraction of sp³-hybridized carbons (Fsp3) is 0.846. The molecule has 1 unspecified atom stereocenters. The predicted octanol–water partition coefficient (Wildman–Crippen LogP) is 0.929. The first-order chi connectivity index (χ1) is 8.50. The van der Waals surface area contributed by atoms with Crippen molar-refractivity contribution in [2.24, 2.45) is 0 Å². The molecule has 0 aromatic carbocycles. The van der Waals surface area contributed by atoms with E-state index in [4.69, 9.17) is 4.74 Å². The Labute approximate surface area is 109 Å². The summed E-state index contributed by atoms with van der Waals surface area (Å²) < 4.78 is 5.00. The molecule has 18 heavy (non-hydrogen) atoms. The largest absolute Gasteiger partial charge is 0.462 e. The first-order valence-electron chi connectivity index (χ1n) is 6.72. The first kappa shape index (κ1) is 15.0. The van der Waals surface area contributed by atoms with Crippen molar-refractivity contribution in [1.82, 2.24) is 10.2 Å². The zero-order chi connectivity index (χ0) is 13.5. The van der Waals surface area contributed by atoms with Gasteiger partial charge in [0.1, 0.15) is 0 Å². The van der Waals surface area contributed by atoms with E-state index in [-0.39, 0.29) is 30.6 Å². The molecule has 1 aliphatic heterocycles. The molecule has 5 nitrogen and oxygen atoms in total. The van der Waals surface area contributed by atoms with Crippen LogP contribution in [-0.2, 0) is 14.3 Å². The number of carbonyl (C=O) groups excluding carboxylic acids is 2. The smallest absolute Gasteiger partial charge is 0.320 e. The first-order valence-corrected chi connectivity index (χ1v) is 6.72. The number of ether oxygens (including phenoxy) is 1. The van der Waals surface area contributed by atoms with Crippen LogP contribution in [0.3, 0.4) is 0 Å². The lowest BCUT2D eigenvalue weighted by Crippen LogP contribution is -2.48. The summed E-state index contributed by atoms with van der Waals surface area (Å²) in [6.45, 7) is 7.15. The van der Waals surface area contributed by atoms with Crippen LogP contribution in [0.1, 0.15) is 40.0 Å². The highest BCUT2D eigenvalue weighted by Gasteiger charge is 2.22. The summed E-state index contributed by atoms with van der Waals surface area (Å²) >= 11 is 0. The third-order valence-electron chi connectivity index (χ3n) is 2.96. The zero-order valence-corrected chi connectivity index (χ0v) is 11.6. The molecule has 0 radical (unpaired) electrons. The second-order valence-corrected chi connectivity index (χ2v) is 5.03. The lowest BCUT2D eigenvalue weighted by atomic mass is 10.1. The number of nitrogens with one attached hydrogen (secondary N) is 1. The van der Waals surface area contributed by atoms with E-state index in [0.717, 1.165) is 25.9 Å². The van der Waals surface area contributed by atoms with Gasteiger partial charge in [-0.3, -0.25) is 14.9 Å². The van der Waals surface area contributed by atoms with Crippen molar-refractivity contribution in [2.45, 2.75) is 52.2 Å². The minimum atomic E-state index is -0.331. The molecule has 1 aliphatic rings. The molecule has 1 atom stereocenters. The van der Waals surface area contributed by atoms with E-state index < -0.39 is 0 Å². The molecule has 0 saturated carbocycles. The minimum absolute atomic E-state index is 0.0760. The van der Waals surface area contributed by atoms with Gasteiger partial charge in [-0.15, -0.1) is 0 Å². The standard InChI is InChI=1S/C13H24N2O3/c1-10(2)18-12(16)9-14-11(3)13(17)15-7-5-4-6-8-15/h10-11,14H,4-9H2,1-3H3. The normalized spacial score (nSPS) is 17.7. The highest BCUT2D eigenvalue weighted by atomic mass is 16.5. The maximum absolute atomic E-state index is 12.0. The molecule has 1 saturated heterocycles. The molecule has 0 bridgehead atoms. The molecule has 1 heterocycles. The SMILES string of the molecule is CC(C)OC(=O)CNC(C)C(=O)N1CCCCC1. The Morgan fingerprint density at radius 3 is 2.33 bits per heavy atom. The van der Waals surface area contributed by atoms with Crippen LogP contribution in [-0.4, -0.2) is 48.6 Å². The number of esters is 1. The summed E-state index contributed by atoms with van der Waals surface area (Å²) in [4.78, 5) is 25.3. The van der Waals surface area contributed by atoms with Crippen LogP contribution in [0.4, 0.5) is 0 Å². The van der Waals surface area contributed by atoms with Crippen molar-refractivity contribution >= 4 is 11.9 Å². The Hall–Kier alpha value is -1.10. The van der Waals surface area contributed by atoms with Gasteiger partial charge < -0.3 is 9.64 Å². The summed E-state index contributed by atoms with van der Waals surface area (Å²) in [6, 6.07) is -0.331. The molecule has 1 N–H and O–H groups in total. The summed E-state index contributed by atoms with van der Waals surface area (Å²) in [6.07, 6.45) is 3.24. The number of nitrogens with zero attached hydrogens (tertiary/aromatic N) is 1. The van der Waals surface area contributed by atoms with E-state index >= 15 is 0 Å². The van der Waals surface area contributed by atoms with Crippen LogP contribution in [0, 0.1) is 0 Å². The molecule has 0 aliphatic carbocycles. The van der Waals surface area contributed by atoms with Crippen molar-refractivity contribution in [2.75, 3.05) is 19.6 Å². The van der Waals surface area contributed by atoms with E-state index in [2.05, 4.69) is 5.32 Å². The molecule has 1 rings (SSSR count). The van der Waals surface area contributed by atoms with Gasteiger partial charge in [0.05, 0.1) is 18.7 Å². The van der Waals surface area contributed by atoms with Crippen LogP contribution in [0.5, 0.6) is 0 Å². The van der Waals surface area contributed by atoms with E-state index in [1.807, 2.05) is 4.90 Å². The van der Waals surface area contributed by atoms with Crippen molar-refractivity contribution < 1.29 is 14.3 Å². The Balaban J connectivity index is 2.28. The number of carbonyl (C=O) groups is 2. The van der Waals surface area contributed by atoms with Crippen molar-refractivity contribution in [3.8, 4) is 0 Å². The lowest BCUT2D eigenvalue weighted by molar-refractivity contribution is -0.146.